The Labute approximate surface area is 330 Å². The second-order valence-electron chi connectivity index (χ2n) is 14.4. The van der Waals surface area contributed by atoms with Crippen LogP contribution in [-0.4, -0.2) is 9.55 Å². The van der Waals surface area contributed by atoms with Crippen molar-refractivity contribution < 1.29 is 4.42 Å². The molecule has 0 radical (unpaired) electrons. The number of benzene rings is 9. The third-order valence-electron chi connectivity index (χ3n) is 11.0. The number of anilines is 3. The highest BCUT2D eigenvalue weighted by molar-refractivity contribution is 6.10. The van der Waals surface area contributed by atoms with Crippen molar-refractivity contribution in [2.24, 2.45) is 0 Å². The van der Waals surface area contributed by atoms with Gasteiger partial charge in [-0.1, -0.05) is 133 Å². The van der Waals surface area contributed by atoms with Crippen LogP contribution in [0.5, 0.6) is 0 Å². The first-order chi connectivity index (χ1) is 28.2. The molecule has 4 nitrogen and oxygen atoms in total. The molecule has 0 aliphatic carbocycles. The fraction of sp³-hybridized carbons (Fsp3) is 0. The summed E-state index contributed by atoms with van der Waals surface area (Å²) >= 11 is 0. The number of hydrogen-bond donors (Lipinski definition) is 0. The van der Waals surface area contributed by atoms with E-state index in [1.54, 1.807) is 0 Å². The fourth-order valence-electron chi connectivity index (χ4n) is 8.23. The largest absolute Gasteiger partial charge is 0.435 e. The monoisotopic (exact) mass is 729 g/mol. The van der Waals surface area contributed by atoms with Crippen molar-refractivity contribution in [2.75, 3.05) is 4.90 Å². The summed E-state index contributed by atoms with van der Waals surface area (Å²) in [7, 11) is 0. The summed E-state index contributed by atoms with van der Waals surface area (Å²) in [5.74, 6) is 0.632. The molecule has 0 amide bonds. The van der Waals surface area contributed by atoms with Crippen LogP contribution in [-0.2, 0) is 0 Å². The summed E-state index contributed by atoms with van der Waals surface area (Å²) in [5, 5.41) is 4.62. The average Bonchev–Trinajstić information content (AvgIpc) is 3.88. The average molecular weight is 730 g/mol. The lowest BCUT2D eigenvalue weighted by molar-refractivity contribution is 0.623. The molecular formula is C53H35N3O. The molecule has 0 aliphatic heterocycles. The molecule has 0 saturated heterocycles. The van der Waals surface area contributed by atoms with E-state index in [2.05, 4.69) is 185 Å². The number of aromatic nitrogens is 2. The normalized spacial score (nSPS) is 11.5. The van der Waals surface area contributed by atoms with Crippen LogP contribution in [0.3, 0.4) is 0 Å². The van der Waals surface area contributed by atoms with E-state index in [0.29, 0.717) is 5.89 Å². The van der Waals surface area contributed by atoms with Gasteiger partial charge in [0.25, 0.3) is 0 Å². The zero-order valence-corrected chi connectivity index (χ0v) is 31.0. The molecule has 0 bridgehead atoms. The molecule has 11 rings (SSSR count). The van der Waals surface area contributed by atoms with Crippen LogP contribution in [0.2, 0.25) is 0 Å². The molecule has 0 unspecified atom stereocenters. The van der Waals surface area contributed by atoms with Gasteiger partial charge >= 0.3 is 0 Å². The van der Waals surface area contributed by atoms with Crippen molar-refractivity contribution in [1.29, 1.82) is 0 Å². The Morgan fingerprint density at radius 1 is 0.386 bits per heavy atom. The summed E-state index contributed by atoms with van der Waals surface area (Å²) in [4.78, 5) is 7.18. The van der Waals surface area contributed by atoms with E-state index in [-0.39, 0.29) is 0 Å². The van der Waals surface area contributed by atoms with Gasteiger partial charge in [-0.25, -0.2) is 4.98 Å². The molecule has 0 saturated carbocycles. The highest BCUT2D eigenvalue weighted by atomic mass is 16.3. The SMILES string of the molecule is c1ccc(-c2ccc(N(c3ccc(-c4ccc5ccc6nc(-c7ccccc7)oc6c5c4)cc3)c3ccc4c5ccccc5n(-c5ccccc5)c4c3)cc2)cc1. The van der Waals surface area contributed by atoms with Crippen LogP contribution >= 0.6 is 0 Å². The topological polar surface area (TPSA) is 34.2 Å². The van der Waals surface area contributed by atoms with Gasteiger partial charge in [0.1, 0.15) is 5.52 Å². The van der Waals surface area contributed by atoms with E-state index in [9.17, 15) is 0 Å². The summed E-state index contributed by atoms with van der Waals surface area (Å²) in [6.07, 6.45) is 0. The summed E-state index contributed by atoms with van der Waals surface area (Å²) in [6, 6.07) is 75.3. The molecule has 0 fully saturated rings. The maximum atomic E-state index is 6.41. The third-order valence-corrected chi connectivity index (χ3v) is 11.0. The molecule has 0 spiro atoms. The second-order valence-corrected chi connectivity index (χ2v) is 14.4. The van der Waals surface area contributed by atoms with Crippen molar-refractivity contribution in [3.63, 3.8) is 0 Å². The van der Waals surface area contributed by atoms with Gasteiger partial charge in [-0.2, -0.15) is 0 Å². The van der Waals surface area contributed by atoms with Gasteiger partial charge in [0.2, 0.25) is 5.89 Å². The molecule has 2 heterocycles. The van der Waals surface area contributed by atoms with Gasteiger partial charge in [-0.3, -0.25) is 0 Å². The lowest BCUT2D eigenvalue weighted by Gasteiger charge is -2.26. The molecule has 57 heavy (non-hydrogen) atoms. The first-order valence-corrected chi connectivity index (χ1v) is 19.3. The van der Waals surface area contributed by atoms with Gasteiger partial charge in [0.15, 0.2) is 5.58 Å². The van der Waals surface area contributed by atoms with Crippen LogP contribution in [0.1, 0.15) is 0 Å². The van der Waals surface area contributed by atoms with Crippen LogP contribution in [0.25, 0.3) is 83.1 Å². The quantitative estimate of drug-likeness (QED) is 0.164. The van der Waals surface area contributed by atoms with Gasteiger partial charge in [-0.15, -0.1) is 0 Å². The number of fused-ring (bicyclic) bond motifs is 6. The molecule has 9 aromatic carbocycles. The van der Waals surface area contributed by atoms with E-state index >= 15 is 0 Å². The predicted octanol–water partition coefficient (Wildman–Crippen LogP) is 14.5. The Bertz CT molecular complexity index is 3200. The minimum Gasteiger partial charge on any atom is -0.435 e. The van der Waals surface area contributed by atoms with E-state index in [0.717, 1.165) is 66.8 Å². The lowest BCUT2D eigenvalue weighted by atomic mass is 10.00. The smallest absolute Gasteiger partial charge is 0.227 e. The van der Waals surface area contributed by atoms with Gasteiger partial charge < -0.3 is 13.9 Å². The molecule has 0 aliphatic rings. The molecular weight excluding hydrogens is 695 g/mol. The number of para-hydroxylation sites is 2. The molecule has 4 heteroatoms. The Morgan fingerprint density at radius 3 is 1.65 bits per heavy atom. The van der Waals surface area contributed by atoms with E-state index in [4.69, 9.17) is 9.40 Å². The highest BCUT2D eigenvalue weighted by Gasteiger charge is 2.18. The highest BCUT2D eigenvalue weighted by Crippen LogP contribution is 2.41. The zero-order chi connectivity index (χ0) is 37.7. The number of nitrogens with zero attached hydrogens (tertiary/aromatic N) is 3. The van der Waals surface area contributed by atoms with Crippen LogP contribution in [0.4, 0.5) is 17.1 Å². The lowest BCUT2D eigenvalue weighted by Crippen LogP contribution is -2.10. The van der Waals surface area contributed by atoms with Crippen LogP contribution in [0, 0.1) is 0 Å². The number of oxazole rings is 1. The van der Waals surface area contributed by atoms with Crippen LogP contribution in [0.15, 0.2) is 217 Å². The Balaban J connectivity index is 1.03. The third kappa shape index (κ3) is 5.74. The van der Waals surface area contributed by atoms with Gasteiger partial charge in [0.05, 0.1) is 11.0 Å². The molecule has 2 aromatic heterocycles. The Kier molecular flexibility index (Phi) is 7.78. The van der Waals surface area contributed by atoms with E-state index in [1.807, 2.05) is 36.4 Å². The first-order valence-electron chi connectivity index (χ1n) is 19.3. The summed E-state index contributed by atoms with van der Waals surface area (Å²) < 4.78 is 8.79. The maximum Gasteiger partial charge on any atom is 0.227 e. The Hall–Kier alpha value is -7.69. The van der Waals surface area contributed by atoms with Crippen molar-refractivity contribution in [3.8, 4) is 39.4 Å². The Morgan fingerprint density at radius 2 is 0.930 bits per heavy atom. The minimum atomic E-state index is 0.632. The molecule has 268 valence electrons. The fourth-order valence-corrected chi connectivity index (χ4v) is 8.23. The van der Waals surface area contributed by atoms with Crippen molar-refractivity contribution >= 4 is 60.7 Å². The maximum absolute atomic E-state index is 6.41. The zero-order valence-electron chi connectivity index (χ0n) is 31.0. The van der Waals surface area contributed by atoms with Gasteiger partial charge in [0, 0.05) is 44.5 Å². The van der Waals surface area contributed by atoms with Crippen molar-refractivity contribution in [3.05, 3.63) is 212 Å². The molecule has 11 aromatic rings. The first kappa shape index (κ1) is 32.7. The van der Waals surface area contributed by atoms with E-state index in [1.165, 1.54) is 27.4 Å². The van der Waals surface area contributed by atoms with Crippen molar-refractivity contribution in [2.45, 2.75) is 0 Å². The van der Waals surface area contributed by atoms with Crippen LogP contribution < -0.4 is 4.90 Å². The van der Waals surface area contributed by atoms with Crippen molar-refractivity contribution in [1.82, 2.24) is 9.55 Å². The predicted molar refractivity (Wildman–Crippen MR) is 237 cm³/mol. The summed E-state index contributed by atoms with van der Waals surface area (Å²) in [6.45, 7) is 0. The number of rotatable bonds is 7. The van der Waals surface area contributed by atoms with Gasteiger partial charge in [-0.05, 0) is 107 Å². The summed E-state index contributed by atoms with van der Waals surface area (Å²) in [5.41, 5.74) is 14.0. The standard InChI is InChI=1S/C53H35N3O/c1-4-12-36(13-5-1)37-22-27-43(28-23-37)55(45-31-32-47-46-18-10-11-19-50(46)56(51(47)35-45)42-16-8-3-9-17-42)44-29-24-38(25-30-44)41-21-20-39-26-33-49-52(48(39)34-41)57-53(54-49)40-14-6-2-7-15-40/h1-35H. The van der Waals surface area contributed by atoms with E-state index < -0.39 is 0 Å². The molecule has 0 atom stereocenters. The minimum absolute atomic E-state index is 0.632. The number of hydrogen-bond acceptors (Lipinski definition) is 3. The molecule has 0 N–H and O–H groups in total. The second kappa shape index (κ2) is 13.6.